The molecule has 1 aromatic heterocycles. The average Bonchev–Trinajstić information content (AvgIpc) is 3.44. The number of amides is 1. The van der Waals surface area contributed by atoms with Crippen molar-refractivity contribution in [3.05, 3.63) is 62.0 Å². The lowest BCUT2D eigenvalue weighted by Crippen LogP contribution is -2.48. The van der Waals surface area contributed by atoms with Gasteiger partial charge in [-0.15, -0.1) is 0 Å². The Balaban J connectivity index is 1.54. The van der Waals surface area contributed by atoms with Crippen LogP contribution in [0.4, 0.5) is 15.9 Å². The van der Waals surface area contributed by atoms with Gasteiger partial charge in [-0.2, -0.15) is 5.26 Å². The largest absolute Gasteiger partial charge is 0.368 e. The van der Waals surface area contributed by atoms with Gasteiger partial charge in [0.1, 0.15) is 27.6 Å². The van der Waals surface area contributed by atoms with Gasteiger partial charge in [0.25, 0.3) is 11.5 Å². The summed E-state index contributed by atoms with van der Waals surface area (Å²) in [6.45, 7) is 6.44. The highest BCUT2D eigenvalue weighted by Gasteiger charge is 2.42. The molecule has 1 unspecified atom stereocenters. The van der Waals surface area contributed by atoms with Crippen LogP contribution in [-0.2, 0) is 21.2 Å². The monoisotopic (exact) mass is 615 g/mol. The molecule has 1 atom stereocenters. The molecule has 5 rings (SSSR count). The van der Waals surface area contributed by atoms with Crippen LogP contribution in [0.2, 0.25) is 0 Å². The maximum absolute atomic E-state index is 13.5. The number of aromatic nitrogens is 1. The molecule has 41 heavy (non-hydrogen) atoms. The Kier molecular flexibility index (Phi) is 8.27. The van der Waals surface area contributed by atoms with E-state index >= 15 is 0 Å². The van der Waals surface area contributed by atoms with E-state index in [4.69, 9.17) is 12.2 Å². The lowest BCUT2D eigenvalue weighted by atomic mass is 10.0. The molecule has 216 valence electrons. The molecule has 3 saturated heterocycles. The van der Waals surface area contributed by atoms with Crippen molar-refractivity contribution in [1.29, 1.82) is 5.26 Å². The van der Waals surface area contributed by atoms with Crippen LogP contribution in [0.3, 0.4) is 0 Å². The number of carbonyl (C=O) groups is 1. The number of hydrogen-bond donors (Lipinski definition) is 0. The smallest absolute Gasteiger partial charge is 0.270 e. The van der Waals surface area contributed by atoms with Crippen molar-refractivity contribution < 1.29 is 17.6 Å². The number of sulfone groups is 1. The predicted octanol–water partition coefficient (Wildman–Crippen LogP) is 3.29. The minimum atomic E-state index is -3.22. The number of pyridine rings is 1. The molecule has 3 aliphatic heterocycles. The predicted molar refractivity (Wildman–Crippen MR) is 163 cm³/mol. The van der Waals surface area contributed by atoms with E-state index in [1.165, 1.54) is 17.0 Å². The van der Waals surface area contributed by atoms with Crippen molar-refractivity contribution in [1.82, 2.24) is 9.47 Å². The number of piperazine rings is 1. The number of nitrogens with zero attached hydrogens (tertiary/aromatic N) is 5. The van der Waals surface area contributed by atoms with E-state index in [0.29, 0.717) is 71.7 Å². The van der Waals surface area contributed by atoms with E-state index < -0.39 is 15.9 Å². The molecule has 1 aromatic carbocycles. The number of thioether (sulfide) groups is 1. The molecule has 2 aromatic rings. The van der Waals surface area contributed by atoms with Crippen LogP contribution >= 0.6 is 24.0 Å². The number of benzene rings is 1. The number of rotatable bonds is 6. The van der Waals surface area contributed by atoms with E-state index in [1.54, 1.807) is 29.7 Å². The van der Waals surface area contributed by atoms with Gasteiger partial charge in [-0.25, -0.2) is 12.8 Å². The van der Waals surface area contributed by atoms with Gasteiger partial charge >= 0.3 is 0 Å². The summed E-state index contributed by atoms with van der Waals surface area (Å²) in [6, 6.07) is 7.91. The van der Waals surface area contributed by atoms with Crippen LogP contribution in [-0.4, -0.2) is 71.8 Å². The van der Waals surface area contributed by atoms with Crippen molar-refractivity contribution in [2.45, 2.75) is 39.3 Å². The Morgan fingerprint density at radius 1 is 1.15 bits per heavy atom. The molecular formula is C28H30FN5O4S3. The fourth-order valence-electron chi connectivity index (χ4n) is 5.65. The fraction of sp³-hybridized carbons (Fsp3) is 0.429. The zero-order chi connectivity index (χ0) is 29.5. The van der Waals surface area contributed by atoms with E-state index in [1.807, 2.05) is 6.92 Å². The first-order chi connectivity index (χ1) is 19.5. The van der Waals surface area contributed by atoms with Crippen molar-refractivity contribution in [2.24, 2.45) is 0 Å². The lowest BCUT2D eigenvalue weighted by molar-refractivity contribution is -0.123. The number of carbonyl (C=O) groups excluding carboxylic acids is 1. The van der Waals surface area contributed by atoms with E-state index in [-0.39, 0.29) is 34.4 Å². The Morgan fingerprint density at radius 2 is 1.80 bits per heavy atom. The Morgan fingerprint density at radius 3 is 2.39 bits per heavy atom. The van der Waals surface area contributed by atoms with Crippen LogP contribution in [0.5, 0.6) is 0 Å². The number of halogens is 1. The summed E-state index contributed by atoms with van der Waals surface area (Å²) in [5, 5.41) is 9.90. The molecule has 3 fully saturated rings. The molecule has 0 radical (unpaired) electrons. The Labute approximate surface area is 248 Å². The number of nitriles is 1. The van der Waals surface area contributed by atoms with Gasteiger partial charge in [-0.1, -0.05) is 30.9 Å². The second-order valence-electron chi connectivity index (χ2n) is 10.4. The van der Waals surface area contributed by atoms with Gasteiger partial charge in [-0.05, 0) is 55.7 Å². The summed E-state index contributed by atoms with van der Waals surface area (Å²) in [7, 11) is -3.22. The quantitative estimate of drug-likeness (QED) is 0.358. The zero-order valence-electron chi connectivity index (χ0n) is 22.8. The highest BCUT2D eigenvalue weighted by atomic mass is 32.2. The molecule has 0 spiro atoms. The molecular weight excluding hydrogens is 586 g/mol. The van der Waals surface area contributed by atoms with E-state index in [2.05, 4.69) is 15.9 Å². The van der Waals surface area contributed by atoms with Crippen LogP contribution < -0.4 is 15.4 Å². The average molecular weight is 616 g/mol. The standard InChI is InChI=1S/C28H30FN5O4S3/c1-3-9-33-25(32-12-10-31(11-13-32)20-6-4-19(29)5-7-20)22(18(2)23(16-30)26(33)35)15-24-27(36)34(28(39)40-24)21-8-14-41(37,38)17-21/h4-7,15,21H,3,8-14,17H2,1-2H3/b24-15+. The van der Waals surface area contributed by atoms with Crippen LogP contribution in [0.15, 0.2) is 34.0 Å². The third kappa shape index (κ3) is 5.65. The molecule has 13 heteroatoms. The maximum atomic E-state index is 13.5. The molecule has 0 aliphatic carbocycles. The maximum Gasteiger partial charge on any atom is 0.270 e. The highest BCUT2D eigenvalue weighted by Crippen LogP contribution is 2.38. The molecule has 0 N–H and O–H groups in total. The first kappa shape index (κ1) is 29.3. The lowest BCUT2D eigenvalue weighted by Gasteiger charge is -2.39. The highest BCUT2D eigenvalue weighted by molar-refractivity contribution is 8.26. The minimum Gasteiger partial charge on any atom is -0.368 e. The van der Waals surface area contributed by atoms with Gasteiger partial charge in [0.2, 0.25) is 0 Å². The second kappa shape index (κ2) is 11.6. The number of anilines is 2. The molecule has 1 amide bonds. The zero-order valence-corrected chi connectivity index (χ0v) is 25.2. The van der Waals surface area contributed by atoms with Gasteiger partial charge in [0, 0.05) is 44.0 Å². The fourth-order valence-corrected chi connectivity index (χ4v) is 8.73. The second-order valence-corrected chi connectivity index (χ2v) is 14.3. The summed E-state index contributed by atoms with van der Waals surface area (Å²) in [5.74, 6) is -0.112. The van der Waals surface area contributed by atoms with Crippen LogP contribution in [0.1, 0.15) is 36.5 Å². The van der Waals surface area contributed by atoms with Gasteiger partial charge in [-0.3, -0.25) is 19.1 Å². The third-order valence-electron chi connectivity index (χ3n) is 7.74. The molecule has 0 saturated carbocycles. The molecule has 4 heterocycles. The topological polar surface area (TPSA) is 107 Å². The summed E-state index contributed by atoms with van der Waals surface area (Å²) >= 11 is 6.61. The SMILES string of the molecule is CCCn1c(N2CCN(c3ccc(F)cc3)CC2)c(/C=C2/SC(=S)N(C3CCS(=O)(=O)C3)C2=O)c(C)c(C#N)c1=O. The molecule has 3 aliphatic rings. The van der Waals surface area contributed by atoms with Crippen molar-refractivity contribution >= 4 is 61.6 Å². The van der Waals surface area contributed by atoms with Gasteiger partial charge < -0.3 is 9.80 Å². The summed E-state index contributed by atoms with van der Waals surface area (Å²) < 4.78 is 39.5. The van der Waals surface area contributed by atoms with Crippen molar-refractivity contribution in [3.63, 3.8) is 0 Å². The minimum absolute atomic E-state index is 0.0223. The first-order valence-corrected chi connectivity index (χ1v) is 16.5. The van der Waals surface area contributed by atoms with Crippen LogP contribution in [0, 0.1) is 24.1 Å². The van der Waals surface area contributed by atoms with Crippen molar-refractivity contribution in [2.75, 3.05) is 47.5 Å². The van der Waals surface area contributed by atoms with Crippen molar-refractivity contribution in [3.8, 4) is 6.07 Å². The van der Waals surface area contributed by atoms with Crippen LogP contribution in [0.25, 0.3) is 6.08 Å². The van der Waals surface area contributed by atoms with E-state index in [0.717, 1.165) is 17.4 Å². The number of thiocarbonyl (C=S) groups is 1. The first-order valence-electron chi connectivity index (χ1n) is 13.4. The van der Waals surface area contributed by atoms with Gasteiger partial charge in [0.05, 0.1) is 22.5 Å². The summed E-state index contributed by atoms with van der Waals surface area (Å²) in [4.78, 5) is 33.0. The Hall–Kier alpha value is -3.21. The third-order valence-corrected chi connectivity index (χ3v) is 10.8. The Bertz CT molecular complexity index is 1640. The number of hydrogen-bond acceptors (Lipinski definition) is 9. The molecule has 0 bridgehead atoms. The van der Waals surface area contributed by atoms with Gasteiger partial charge in [0.15, 0.2) is 9.84 Å². The molecule has 9 nitrogen and oxygen atoms in total. The summed E-state index contributed by atoms with van der Waals surface area (Å²) in [5.41, 5.74) is 1.64. The normalized spacial score (nSPS) is 21.7. The summed E-state index contributed by atoms with van der Waals surface area (Å²) in [6.07, 6.45) is 2.70. The van der Waals surface area contributed by atoms with E-state index in [9.17, 15) is 27.7 Å².